The monoisotopic (exact) mass is 444 g/mol. The summed E-state index contributed by atoms with van der Waals surface area (Å²) in [6, 6.07) is 9.91. The Bertz CT molecular complexity index is 1120. The summed E-state index contributed by atoms with van der Waals surface area (Å²) in [6.45, 7) is 0. The van der Waals surface area contributed by atoms with Crippen molar-refractivity contribution in [2.45, 2.75) is 4.90 Å². The maximum atomic E-state index is 12.6. The molecule has 3 aromatic rings. The first-order valence-corrected chi connectivity index (χ1v) is 9.39. The van der Waals surface area contributed by atoms with Gasteiger partial charge in [0.15, 0.2) is 10.6 Å². The first-order chi connectivity index (χ1) is 11.8. The van der Waals surface area contributed by atoms with Crippen LogP contribution in [0.15, 0.2) is 61.0 Å². The summed E-state index contributed by atoms with van der Waals surface area (Å²) >= 11 is 9.13. The van der Waals surface area contributed by atoms with E-state index in [1.165, 1.54) is 37.4 Å². The average molecular weight is 446 g/mol. The van der Waals surface area contributed by atoms with Gasteiger partial charge < -0.3 is 13.3 Å². The molecule has 0 fully saturated rings. The predicted octanol–water partition coefficient (Wildman–Crippen LogP) is 3.99. The third kappa shape index (κ3) is 3.65. The van der Waals surface area contributed by atoms with Crippen molar-refractivity contribution in [1.29, 1.82) is 0 Å². The molecule has 0 aliphatic heterocycles. The zero-order valence-corrected chi connectivity index (χ0v) is 15.8. The number of fused-ring (bicyclic) bond motifs is 1. The summed E-state index contributed by atoms with van der Waals surface area (Å²) in [5.74, 6) is 0.0525. The van der Waals surface area contributed by atoms with E-state index in [1.807, 2.05) is 0 Å². The third-order valence-electron chi connectivity index (χ3n) is 3.25. The van der Waals surface area contributed by atoms with Gasteiger partial charge >= 0.3 is 15.7 Å². The van der Waals surface area contributed by atoms with Crippen LogP contribution in [-0.2, 0) is 10.1 Å². The number of rotatable bonds is 4. The van der Waals surface area contributed by atoms with E-state index >= 15 is 0 Å². The van der Waals surface area contributed by atoms with E-state index in [0.717, 1.165) is 0 Å². The molecule has 0 aliphatic carbocycles. The van der Waals surface area contributed by atoms with Gasteiger partial charge in [-0.2, -0.15) is 8.42 Å². The summed E-state index contributed by atoms with van der Waals surface area (Å²) in [5, 5.41) is 0.826. The van der Waals surface area contributed by atoms with E-state index in [9.17, 15) is 13.2 Å². The fourth-order valence-corrected chi connectivity index (χ4v) is 4.49. The highest BCUT2D eigenvalue weighted by molar-refractivity contribution is 9.10. The van der Waals surface area contributed by atoms with Crippen molar-refractivity contribution in [3.05, 3.63) is 62.4 Å². The predicted molar refractivity (Wildman–Crippen MR) is 96.0 cm³/mol. The van der Waals surface area contributed by atoms with Gasteiger partial charge in [-0.05, 0) is 46.3 Å². The van der Waals surface area contributed by atoms with Crippen LogP contribution < -0.4 is 14.5 Å². The first kappa shape index (κ1) is 17.8. The number of halogens is 2. The summed E-state index contributed by atoms with van der Waals surface area (Å²) in [7, 11) is -2.91. The second kappa shape index (κ2) is 6.70. The van der Waals surface area contributed by atoms with Gasteiger partial charge in [0.2, 0.25) is 0 Å². The molecule has 1 heterocycles. The van der Waals surface area contributed by atoms with Gasteiger partial charge in [-0.25, -0.2) is 4.79 Å². The van der Waals surface area contributed by atoms with Crippen molar-refractivity contribution in [1.82, 2.24) is 0 Å². The minimum absolute atomic E-state index is 0.0139. The third-order valence-corrected chi connectivity index (χ3v) is 5.31. The van der Waals surface area contributed by atoms with Crippen molar-refractivity contribution < 1.29 is 21.8 Å². The lowest BCUT2D eigenvalue weighted by molar-refractivity contribution is 0.395. The van der Waals surface area contributed by atoms with Crippen molar-refractivity contribution in [2.75, 3.05) is 7.11 Å². The quantitative estimate of drug-likeness (QED) is 0.446. The molecule has 1 aromatic heterocycles. The van der Waals surface area contributed by atoms with Gasteiger partial charge in [-0.3, -0.25) is 0 Å². The van der Waals surface area contributed by atoms with E-state index in [1.54, 1.807) is 12.1 Å². The van der Waals surface area contributed by atoms with Crippen LogP contribution in [0.1, 0.15) is 0 Å². The van der Waals surface area contributed by atoms with E-state index in [0.29, 0.717) is 9.86 Å². The van der Waals surface area contributed by atoms with Crippen LogP contribution in [0.3, 0.4) is 0 Å². The molecule has 6 nitrogen and oxygen atoms in total. The number of ether oxygens (including phenoxy) is 1. The van der Waals surface area contributed by atoms with E-state index in [-0.39, 0.29) is 27.0 Å². The standard InChI is InChI=1S/C16H10BrClO6S/c1-22-16-12(17)6-10(18)7-14(16)25(20,21)24-11-4-2-9-3-5-15(19)23-13(9)8-11/h2-8H,1H3. The zero-order valence-electron chi connectivity index (χ0n) is 12.7. The summed E-state index contributed by atoms with van der Waals surface area (Å²) in [5.41, 5.74) is -0.340. The van der Waals surface area contributed by atoms with Crippen molar-refractivity contribution in [2.24, 2.45) is 0 Å². The van der Waals surface area contributed by atoms with Gasteiger partial charge in [-0.15, -0.1) is 0 Å². The van der Waals surface area contributed by atoms with Crippen LogP contribution in [0.5, 0.6) is 11.5 Å². The topological polar surface area (TPSA) is 82.8 Å². The number of benzene rings is 2. The molecule has 2 aromatic carbocycles. The molecule has 0 amide bonds. The van der Waals surface area contributed by atoms with E-state index in [2.05, 4.69) is 15.9 Å². The maximum absolute atomic E-state index is 12.6. The fraction of sp³-hybridized carbons (Fsp3) is 0.0625. The second-order valence-corrected chi connectivity index (χ2v) is 7.72. The Morgan fingerprint density at radius 3 is 2.56 bits per heavy atom. The lowest BCUT2D eigenvalue weighted by atomic mass is 10.2. The van der Waals surface area contributed by atoms with Gasteiger partial charge in [0, 0.05) is 22.5 Å². The van der Waals surface area contributed by atoms with Crippen LogP contribution in [0.2, 0.25) is 5.02 Å². The molecule has 130 valence electrons. The molecule has 0 atom stereocenters. The largest absolute Gasteiger partial charge is 0.494 e. The average Bonchev–Trinajstić information content (AvgIpc) is 2.53. The highest BCUT2D eigenvalue weighted by Gasteiger charge is 2.25. The molecule has 25 heavy (non-hydrogen) atoms. The molecular weight excluding hydrogens is 436 g/mol. The Balaban J connectivity index is 2.06. The second-order valence-electron chi connectivity index (χ2n) is 4.91. The molecule has 0 saturated carbocycles. The van der Waals surface area contributed by atoms with Gasteiger partial charge in [-0.1, -0.05) is 11.6 Å². The first-order valence-electron chi connectivity index (χ1n) is 6.81. The number of hydrogen-bond acceptors (Lipinski definition) is 6. The number of methoxy groups -OCH3 is 1. The van der Waals surface area contributed by atoms with Crippen molar-refractivity contribution in [3.8, 4) is 11.5 Å². The van der Waals surface area contributed by atoms with Crippen LogP contribution in [-0.4, -0.2) is 15.5 Å². The fourth-order valence-electron chi connectivity index (χ4n) is 2.18. The number of hydrogen-bond donors (Lipinski definition) is 0. The molecule has 0 N–H and O–H groups in total. The summed E-state index contributed by atoms with van der Waals surface area (Å²) in [4.78, 5) is 11.1. The van der Waals surface area contributed by atoms with Crippen LogP contribution in [0, 0.1) is 0 Å². The summed E-state index contributed by atoms with van der Waals surface area (Å²) < 4.78 is 40.9. The maximum Gasteiger partial charge on any atom is 0.343 e. The Morgan fingerprint density at radius 2 is 1.84 bits per heavy atom. The SMILES string of the molecule is COc1c(Br)cc(Cl)cc1S(=O)(=O)Oc1ccc2ccc(=O)oc2c1. The highest BCUT2D eigenvalue weighted by Crippen LogP contribution is 2.36. The van der Waals surface area contributed by atoms with Crippen molar-refractivity contribution in [3.63, 3.8) is 0 Å². The normalized spacial score (nSPS) is 11.5. The van der Waals surface area contributed by atoms with Crippen LogP contribution in [0.25, 0.3) is 11.0 Å². The van der Waals surface area contributed by atoms with Crippen LogP contribution in [0.4, 0.5) is 0 Å². The molecule has 0 unspecified atom stereocenters. The molecule has 0 saturated heterocycles. The Morgan fingerprint density at radius 1 is 1.12 bits per heavy atom. The molecular formula is C16H10BrClO6S. The molecule has 0 bridgehead atoms. The van der Waals surface area contributed by atoms with Gasteiger partial charge in [0.05, 0.1) is 11.6 Å². The molecule has 0 aliphatic rings. The molecule has 9 heteroatoms. The van der Waals surface area contributed by atoms with Crippen molar-refractivity contribution >= 4 is 48.6 Å². The molecule has 0 spiro atoms. The van der Waals surface area contributed by atoms with E-state index < -0.39 is 15.7 Å². The lowest BCUT2D eigenvalue weighted by Gasteiger charge is -2.12. The lowest BCUT2D eigenvalue weighted by Crippen LogP contribution is -2.11. The minimum Gasteiger partial charge on any atom is -0.494 e. The zero-order chi connectivity index (χ0) is 18.2. The Kier molecular flexibility index (Phi) is 4.77. The Hall–Kier alpha value is -2.03. The van der Waals surface area contributed by atoms with Gasteiger partial charge in [0.25, 0.3) is 0 Å². The Labute approximate surface area is 156 Å². The molecule has 3 rings (SSSR count). The smallest absolute Gasteiger partial charge is 0.343 e. The highest BCUT2D eigenvalue weighted by atomic mass is 79.9. The molecule has 0 radical (unpaired) electrons. The van der Waals surface area contributed by atoms with Crippen LogP contribution >= 0.6 is 27.5 Å². The van der Waals surface area contributed by atoms with Gasteiger partial charge in [0.1, 0.15) is 11.3 Å². The van der Waals surface area contributed by atoms with E-state index in [4.69, 9.17) is 24.9 Å². The minimum atomic E-state index is -4.24. The summed E-state index contributed by atoms with van der Waals surface area (Å²) in [6.07, 6.45) is 0.